The average molecular weight is 375 g/mol. The third kappa shape index (κ3) is 6.84. The molecule has 1 aromatic rings. The molecule has 0 aromatic heterocycles. The van der Waals surface area contributed by atoms with Gasteiger partial charge in [0.25, 0.3) is 0 Å². The van der Waals surface area contributed by atoms with Gasteiger partial charge in [-0.25, -0.2) is 0 Å². The van der Waals surface area contributed by atoms with Crippen molar-refractivity contribution < 1.29 is 9.53 Å². The molecule has 4 heteroatoms. The molecule has 3 atom stereocenters. The van der Waals surface area contributed by atoms with E-state index in [0.29, 0.717) is 24.3 Å². The number of carbonyl (C=O) groups excluding carboxylic acids is 1. The number of anilines is 1. The zero-order valence-electron chi connectivity index (χ0n) is 17.8. The molecule has 0 bridgehead atoms. The van der Waals surface area contributed by atoms with Crippen molar-refractivity contribution in [2.24, 2.45) is 17.8 Å². The summed E-state index contributed by atoms with van der Waals surface area (Å²) in [6, 6.07) is 8.49. The number of amides is 1. The van der Waals surface area contributed by atoms with Crippen molar-refractivity contribution in [2.75, 3.05) is 31.1 Å². The van der Waals surface area contributed by atoms with Crippen molar-refractivity contribution in [1.29, 1.82) is 0 Å². The van der Waals surface area contributed by atoms with E-state index >= 15 is 0 Å². The molecule has 1 amide bonds. The summed E-state index contributed by atoms with van der Waals surface area (Å²) in [6.07, 6.45) is 3.79. The van der Waals surface area contributed by atoms with Gasteiger partial charge < -0.3 is 15.0 Å². The lowest BCUT2D eigenvalue weighted by atomic mass is 9.75. The fourth-order valence-electron chi connectivity index (χ4n) is 4.16. The Morgan fingerprint density at radius 1 is 1.33 bits per heavy atom. The van der Waals surface area contributed by atoms with Crippen molar-refractivity contribution in [3.8, 4) is 0 Å². The smallest absolute Gasteiger partial charge is 0.246 e. The fourth-order valence-corrected chi connectivity index (χ4v) is 4.16. The Labute approximate surface area is 165 Å². The molecule has 27 heavy (non-hydrogen) atoms. The number of hydrogen-bond acceptors (Lipinski definition) is 3. The third-order valence-electron chi connectivity index (χ3n) is 5.84. The van der Waals surface area contributed by atoms with Crippen LogP contribution in [-0.2, 0) is 9.53 Å². The second kappa shape index (κ2) is 10.7. The third-order valence-corrected chi connectivity index (χ3v) is 5.84. The zero-order valence-corrected chi connectivity index (χ0v) is 17.8. The highest BCUT2D eigenvalue weighted by molar-refractivity contribution is 5.77. The van der Waals surface area contributed by atoms with Crippen LogP contribution in [0.5, 0.6) is 0 Å². The summed E-state index contributed by atoms with van der Waals surface area (Å²) in [4.78, 5) is 14.5. The van der Waals surface area contributed by atoms with E-state index in [1.165, 1.54) is 24.1 Å². The number of hydrogen-bond donors (Lipinski definition) is 1. The van der Waals surface area contributed by atoms with E-state index in [0.717, 1.165) is 19.5 Å². The standard InChI is InChI=1S/C23H38N2O2/c1-6-25(20-9-7-8-18(4)14-20)13-12-24-23(26)16-27-22-15-19(5)10-11-21(22)17(2)3/h7-9,14,17,19,21-22H,6,10-13,15-16H2,1-5H3,(H,24,26)/t19-,21+,22-/m1/s1. The maximum atomic E-state index is 12.2. The number of ether oxygens (including phenoxy) is 1. The first kappa shape index (κ1) is 21.7. The molecule has 0 spiro atoms. The average Bonchev–Trinajstić information content (AvgIpc) is 2.63. The van der Waals surface area contributed by atoms with Gasteiger partial charge in [-0.15, -0.1) is 0 Å². The molecule has 1 aliphatic rings. The SMILES string of the molecule is CCN(CCNC(=O)CO[C@@H]1C[C@H](C)CC[C@H]1C(C)C)c1cccc(C)c1. The van der Waals surface area contributed by atoms with Crippen LogP contribution in [0.1, 0.15) is 52.5 Å². The van der Waals surface area contributed by atoms with Crippen LogP contribution in [0.25, 0.3) is 0 Å². The van der Waals surface area contributed by atoms with Gasteiger partial charge in [-0.05, 0) is 62.1 Å². The van der Waals surface area contributed by atoms with Gasteiger partial charge in [-0.2, -0.15) is 0 Å². The topological polar surface area (TPSA) is 41.6 Å². The van der Waals surface area contributed by atoms with Crippen LogP contribution < -0.4 is 10.2 Å². The number of likely N-dealkylation sites (N-methyl/N-ethyl adjacent to an activating group) is 1. The van der Waals surface area contributed by atoms with Gasteiger partial charge in [0.2, 0.25) is 5.91 Å². The number of benzene rings is 1. The highest BCUT2D eigenvalue weighted by Gasteiger charge is 2.31. The molecule has 2 rings (SSSR count). The van der Waals surface area contributed by atoms with Crippen LogP contribution in [0.4, 0.5) is 5.69 Å². The Morgan fingerprint density at radius 2 is 2.11 bits per heavy atom. The monoisotopic (exact) mass is 374 g/mol. The number of aryl methyl sites for hydroxylation is 1. The molecule has 152 valence electrons. The minimum atomic E-state index is -0.00368. The zero-order chi connectivity index (χ0) is 19.8. The second-order valence-corrected chi connectivity index (χ2v) is 8.44. The Bertz CT molecular complexity index is 587. The van der Waals surface area contributed by atoms with E-state index in [4.69, 9.17) is 4.74 Å². The van der Waals surface area contributed by atoms with Gasteiger partial charge in [0.15, 0.2) is 0 Å². The van der Waals surface area contributed by atoms with Crippen molar-refractivity contribution >= 4 is 11.6 Å². The normalized spacial score (nSPS) is 22.7. The Morgan fingerprint density at radius 3 is 2.78 bits per heavy atom. The number of nitrogens with one attached hydrogen (secondary N) is 1. The van der Waals surface area contributed by atoms with Crippen molar-refractivity contribution in [3.05, 3.63) is 29.8 Å². The number of carbonyl (C=O) groups is 1. The molecule has 0 unspecified atom stereocenters. The lowest BCUT2D eigenvalue weighted by molar-refractivity contribution is -0.131. The molecule has 4 nitrogen and oxygen atoms in total. The Balaban J connectivity index is 1.75. The van der Waals surface area contributed by atoms with E-state index in [-0.39, 0.29) is 18.6 Å². The first-order valence-corrected chi connectivity index (χ1v) is 10.6. The molecule has 0 radical (unpaired) electrons. The van der Waals surface area contributed by atoms with Crippen LogP contribution in [0, 0.1) is 24.7 Å². The van der Waals surface area contributed by atoms with Gasteiger partial charge in [-0.3, -0.25) is 4.79 Å². The molecule has 0 aliphatic heterocycles. The summed E-state index contributed by atoms with van der Waals surface area (Å²) < 4.78 is 6.05. The summed E-state index contributed by atoms with van der Waals surface area (Å²) in [7, 11) is 0. The summed E-state index contributed by atoms with van der Waals surface area (Å²) in [5.41, 5.74) is 2.46. The van der Waals surface area contributed by atoms with E-state index in [2.05, 4.69) is 69.1 Å². The molecular formula is C23H38N2O2. The molecule has 1 aromatic carbocycles. The predicted molar refractivity (Wildman–Crippen MR) is 113 cm³/mol. The summed E-state index contributed by atoms with van der Waals surface area (Å²) in [5, 5.41) is 3.02. The highest BCUT2D eigenvalue weighted by Crippen LogP contribution is 2.35. The first-order valence-electron chi connectivity index (χ1n) is 10.6. The van der Waals surface area contributed by atoms with Crippen LogP contribution in [0.2, 0.25) is 0 Å². The van der Waals surface area contributed by atoms with Gasteiger partial charge >= 0.3 is 0 Å². The van der Waals surface area contributed by atoms with Crippen molar-refractivity contribution in [1.82, 2.24) is 5.32 Å². The minimum Gasteiger partial charge on any atom is -0.370 e. The molecule has 0 saturated heterocycles. The molecule has 1 aliphatic carbocycles. The van der Waals surface area contributed by atoms with Gasteiger partial charge in [0, 0.05) is 25.3 Å². The first-order chi connectivity index (χ1) is 12.9. The summed E-state index contributed by atoms with van der Waals surface area (Å²) in [6.45, 7) is 13.6. The lowest BCUT2D eigenvalue weighted by Gasteiger charge is -2.37. The lowest BCUT2D eigenvalue weighted by Crippen LogP contribution is -2.39. The van der Waals surface area contributed by atoms with Crippen molar-refractivity contribution in [3.63, 3.8) is 0 Å². The predicted octanol–water partition coefficient (Wildman–Crippen LogP) is 4.41. The van der Waals surface area contributed by atoms with E-state index in [1.807, 2.05) is 0 Å². The number of nitrogens with zero attached hydrogens (tertiary/aromatic N) is 1. The van der Waals surface area contributed by atoms with Gasteiger partial charge in [0.1, 0.15) is 6.61 Å². The van der Waals surface area contributed by atoms with Gasteiger partial charge in [-0.1, -0.05) is 39.3 Å². The van der Waals surface area contributed by atoms with Crippen LogP contribution in [0.15, 0.2) is 24.3 Å². The molecule has 0 heterocycles. The van der Waals surface area contributed by atoms with Crippen LogP contribution >= 0.6 is 0 Å². The molecular weight excluding hydrogens is 336 g/mol. The largest absolute Gasteiger partial charge is 0.370 e. The highest BCUT2D eigenvalue weighted by atomic mass is 16.5. The summed E-state index contributed by atoms with van der Waals surface area (Å²) >= 11 is 0. The van der Waals surface area contributed by atoms with Crippen LogP contribution in [-0.4, -0.2) is 38.3 Å². The maximum absolute atomic E-state index is 12.2. The molecule has 1 saturated carbocycles. The van der Waals surface area contributed by atoms with Crippen LogP contribution in [0.3, 0.4) is 0 Å². The maximum Gasteiger partial charge on any atom is 0.246 e. The van der Waals surface area contributed by atoms with E-state index in [1.54, 1.807) is 0 Å². The van der Waals surface area contributed by atoms with E-state index in [9.17, 15) is 4.79 Å². The molecule has 1 fully saturated rings. The molecule has 1 N–H and O–H groups in total. The fraction of sp³-hybridized carbons (Fsp3) is 0.696. The van der Waals surface area contributed by atoms with Crippen molar-refractivity contribution in [2.45, 2.75) is 60.0 Å². The minimum absolute atomic E-state index is 0.00368. The Hall–Kier alpha value is -1.55. The number of rotatable bonds is 9. The van der Waals surface area contributed by atoms with Gasteiger partial charge in [0.05, 0.1) is 6.10 Å². The van der Waals surface area contributed by atoms with E-state index < -0.39 is 0 Å². The summed E-state index contributed by atoms with van der Waals surface area (Å²) in [5.74, 6) is 1.88. The quantitative estimate of drug-likeness (QED) is 0.696. The second-order valence-electron chi connectivity index (χ2n) is 8.44. The Kier molecular flexibility index (Phi) is 8.62.